The molecule has 7 heteroatoms. The molecule has 3 rings (SSSR count). The maximum Gasteiger partial charge on any atom is 0.332 e. The Morgan fingerprint density at radius 1 is 1.11 bits per heavy atom. The van der Waals surface area contributed by atoms with Gasteiger partial charge in [-0.1, -0.05) is 26.0 Å². The predicted molar refractivity (Wildman–Crippen MR) is 139 cm³/mol. The van der Waals surface area contributed by atoms with Crippen LogP contribution in [-0.2, 0) is 22.4 Å². The average Bonchev–Trinajstić information content (AvgIpc) is 2.86. The molecule has 1 unspecified atom stereocenters. The van der Waals surface area contributed by atoms with Crippen LogP contribution in [0.25, 0.3) is 0 Å². The maximum atomic E-state index is 13.7. The van der Waals surface area contributed by atoms with Crippen LogP contribution in [0.2, 0.25) is 0 Å². The van der Waals surface area contributed by atoms with Gasteiger partial charge in [-0.25, -0.2) is 9.18 Å². The quantitative estimate of drug-likeness (QED) is 0.408. The van der Waals surface area contributed by atoms with Crippen molar-refractivity contribution in [3.8, 4) is 11.5 Å². The first kappa shape index (κ1) is 27.9. The topological polar surface area (TPSA) is 68.2 Å². The van der Waals surface area contributed by atoms with E-state index in [9.17, 15) is 14.3 Å². The summed E-state index contributed by atoms with van der Waals surface area (Å²) < 4.78 is 30.4. The van der Waals surface area contributed by atoms with Gasteiger partial charge in [-0.3, -0.25) is 0 Å². The molecule has 0 radical (unpaired) electrons. The highest BCUT2D eigenvalue weighted by Gasteiger charge is 2.33. The van der Waals surface area contributed by atoms with Crippen molar-refractivity contribution in [2.45, 2.75) is 51.6 Å². The summed E-state index contributed by atoms with van der Waals surface area (Å²) in [5.41, 5.74) is 3.37. The fourth-order valence-electron chi connectivity index (χ4n) is 5.30. The summed E-state index contributed by atoms with van der Waals surface area (Å²) in [6.07, 6.45) is 2.04. The number of hydrogen-bond acceptors (Lipinski definition) is 5. The normalized spacial score (nSPS) is 18.2. The molecule has 0 saturated heterocycles. The highest BCUT2D eigenvalue weighted by atomic mass is 19.1. The van der Waals surface area contributed by atoms with Gasteiger partial charge in [-0.15, -0.1) is 0 Å². The van der Waals surface area contributed by atoms with Crippen LogP contribution in [0.1, 0.15) is 49.3 Å². The number of halogens is 1. The van der Waals surface area contributed by atoms with Crippen LogP contribution in [0.15, 0.2) is 36.4 Å². The molecule has 0 aromatic heterocycles. The van der Waals surface area contributed by atoms with Crippen molar-refractivity contribution < 1.29 is 28.5 Å². The highest BCUT2D eigenvalue weighted by molar-refractivity contribution is 5.72. The number of likely N-dealkylation sites (N-methyl/N-ethyl adjacent to an activating group) is 1. The van der Waals surface area contributed by atoms with Crippen molar-refractivity contribution in [2.24, 2.45) is 11.8 Å². The number of fused-ring (bicyclic) bond motifs is 1. The summed E-state index contributed by atoms with van der Waals surface area (Å²) in [5.74, 6) is 1.07. The SMILES string of the molecule is COc1ccc(CCN(C)CC[C@@H](OCC2CCc3cc(F)ccc3[C@@H]2C(C)C)C(=O)O)cc1OC. The Balaban J connectivity index is 1.52. The summed E-state index contributed by atoms with van der Waals surface area (Å²) >= 11 is 0. The molecule has 1 N–H and O–H groups in total. The molecule has 1 aliphatic rings. The smallest absolute Gasteiger partial charge is 0.332 e. The molecule has 0 fully saturated rings. The molecule has 198 valence electrons. The van der Waals surface area contributed by atoms with Gasteiger partial charge < -0.3 is 24.2 Å². The van der Waals surface area contributed by atoms with Crippen molar-refractivity contribution >= 4 is 5.97 Å². The van der Waals surface area contributed by atoms with Gasteiger partial charge in [0.05, 0.1) is 20.8 Å². The van der Waals surface area contributed by atoms with E-state index in [1.54, 1.807) is 20.3 Å². The Kier molecular flexibility index (Phi) is 10.1. The molecule has 0 amide bonds. The number of rotatable bonds is 13. The Hall–Kier alpha value is -2.64. The fraction of sp³-hybridized carbons (Fsp3) is 0.552. The summed E-state index contributed by atoms with van der Waals surface area (Å²) in [5, 5.41) is 9.78. The van der Waals surface area contributed by atoms with Gasteiger partial charge in [0.25, 0.3) is 0 Å². The van der Waals surface area contributed by atoms with Crippen LogP contribution in [0.3, 0.4) is 0 Å². The summed E-state index contributed by atoms with van der Waals surface area (Å²) in [6.45, 7) is 6.13. The molecular formula is C29H40FNO5. The van der Waals surface area contributed by atoms with Gasteiger partial charge in [0.1, 0.15) is 5.82 Å². The zero-order valence-corrected chi connectivity index (χ0v) is 22.1. The van der Waals surface area contributed by atoms with Crippen molar-refractivity contribution in [3.63, 3.8) is 0 Å². The molecule has 0 aliphatic heterocycles. The number of benzene rings is 2. The lowest BCUT2D eigenvalue weighted by molar-refractivity contribution is -0.152. The molecule has 0 spiro atoms. The van der Waals surface area contributed by atoms with Gasteiger partial charge >= 0.3 is 5.97 Å². The number of aliphatic carboxylic acids is 1. The van der Waals surface area contributed by atoms with E-state index in [-0.39, 0.29) is 17.7 Å². The summed E-state index contributed by atoms with van der Waals surface area (Å²) in [7, 11) is 5.23. The molecule has 1 aliphatic carbocycles. The minimum atomic E-state index is -0.928. The number of carboxylic acids is 1. The van der Waals surface area contributed by atoms with Crippen LogP contribution in [-0.4, -0.2) is 63.0 Å². The van der Waals surface area contributed by atoms with Crippen molar-refractivity contribution in [2.75, 3.05) is 41.0 Å². The third-order valence-electron chi connectivity index (χ3n) is 7.26. The molecule has 2 aromatic carbocycles. The predicted octanol–water partition coefficient (Wildman–Crippen LogP) is 5.18. The lowest BCUT2D eigenvalue weighted by Gasteiger charge is -2.36. The van der Waals surface area contributed by atoms with Crippen molar-refractivity contribution in [1.29, 1.82) is 0 Å². The molecular weight excluding hydrogens is 461 g/mol. The van der Waals surface area contributed by atoms with Crippen LogP contribution < -0.4 is 9.47 Å². The zero-order chi connectivity index (χ0) is 26.2. The Morgan fingerprint density at radius 3 is 2.53 bits per heavy atom. The highest BCUT2D eigenvalue weighted by Crippen LogP contribution is 2.41. The van der Waals surface area contributed by atoms with Gasteiger partial charge in [-0.2, -0.15) is 0 Å². The second kappa shape index (κ2) is 13.1. The molecule has 3 atom stereocenters. The number of hydrogen-bond donors (Lipinski definition) is 1. The first-order chi connectivity index (χ1) is 17.2. The number of nitrogens with zero attached hydrogens (tertiary/aromatic N) is 1. The number of carbonyl (C=O) groups is 1. The Bertz CT molecular complexity index is 1010. The molecule has 36 heavy (non-hydrogen) atoms. The number of carboxylic acid groups (broad SMARTS) is 1. The Labute approximate surface area is 214 Å². The molecule has 0 bridgehead atoms. The maximum absolute atomic E-state index is 13.7. The minimum Gasteiger partial charge on any atom is -0.493 e. The largest absolute Gasteiger partial charge is 0.493 e. The molecule has 6 nitrogen and oxygen atoms in total. The van der Waals surface area contributed by atoms with E-state index in [1.165, 1.54) is 11.6 Å². The van der Waals surface area contributed by atoms with Crippen LogP contribution in [0.4, 0.5) is 4.39 Å². The zero-order valence-electron chi connectivity index (χ0n) is 22.1. The lowest BCUT2D eigenvalue weighted by atomic mass is 9.70. The van der Waals surface area contributed by atoms with E-state index in [1.807, 2.05) is 31.3 Å². The van der Waals surface area contributed by atoms with E-state index in [4.69, 9.17) is 14.2 Å². The van der Waals surface area contributed by atoms with E-state index >= 15 is 0 Å². The van der Waals surface area contributed by atoms with E-state index in [0.717, 1.165) is 36.9 Å². The average molecular weight is 502 g/mol. The first-order valence-electron chi connectivity index (χ1n) is 12.8. The van der Waals surface area contributed by atoms with Crippen molar-refractivity contribution in [1.82, 2.24) is 4.90 Å². The molecule has 2 aromatic rings. The minimum absolute atomic E-state index is 0.202. The lowest BCUT2D eigenvalue weighted by Crippen LogP contribution is -2.34. The first-order valence-corrected chi connectivity index (χ1v) is 12.8. The fourth-order valence-corrected chi connectivity index (χ4v) is 5.30. The van der Waals surface area contributed by atoms with Gasteiger partial charge in [0, 0.05) is 13.1 Å². The van der Waals surface area contributed by atoms with Gasteiger partial charge in [0.15, 0.2) is 17.6 Å². The van der Waals surface area contributed by atoms with Crippen LogP contribution >= 0.6 is 0 Å². The second-order valence-corrected chi connectivity index (χ2v) is 10.1. The number of aryl methyl sites for hydroxylation is 1. The third-order valence-corrected chi connectivity index (χ3v) is 7.26. The van der Waals surface area contributed by atoms with Crippen LogP contribution in [0.5, 0.6) is 11.5 Å². The second-order valence-electron chi connectivity index (χ2n) is 10.1. The molecule has 0 heterocycles. The van der Waals surface area contributed by atoms with Crippen molar-refractivity contribution in [3.05, 3.63) is 58.9 Å². The summed E-state index contributed by atoms with van der Waals surface area (Å²) in [6, 6.07) is 10.9. The summed E-state index contributed by atoms with van der Waals surface area (Å²) in [4.78, 5) is 14.1. The van der Waals surface area contributed by atoms with E-state index < -0.39 is 12.1 Å². The van der Waals surface area contributed by atoms with E-state index in [0.29, 0.717) is 37.0 Å². The standard InChI is InChI=1S/C29H40FNO5/c1-19(2)28-22(8-7-21-17-23(30)9-10-24(21)28)18-36-26(29(32)33)13-15-31(3)14-12-20-6-11-25(34-4)27(16-20)35-5/h6,9-11,16-17,19,22,26,28H,7-8,12-15,18H2,1-5H3,(H,32,33)/t22?,26-,28-/m1/s1. The number of ether oxygens (including phenoxy) is 3. The molecule has 0 saturated carbocycles. The van der Waals surface area contributed by atoms with Gasteiger partial charge in [-0.05, 0) is 91.4 Å². The third kappa shape index (κ3) is 7.20. The van der Waals surface area contributed by atoms with Crippen LogP contribution in [0, 0.1) is 17.7 Å². The monoisotopic (exact) mass is 501 g/mol. The Morgan fingerprint density at radius 2 is 1.86 bits per heavy atom. The van der Waals surface area contributed by atoms with E-state index in [2.05, 4.69) is 18.7 Å². The van der Waals surface area contributed by atoms with Gasteiger partial charge in [0.2, 0.25) is 0 Å². The number of methoxy groups -OCH3 is 2.